The smallest absolute Gasteiger partial charge is 0.323 e. The Kier molecular flexibility index (Phi) is 4.56. The lowest BCUT2D eigenvalue weighted by Crippen LogP contribution is -2.50. The van der Waals surface area contributed by atoms with Gasteiger partial charge in [-0.1, -0.05) is 0 Å². The summed E-state index contributed by atoms with van der Waals surface area (Å²) < 4.78 is 1.09. The predicted octanol–water partition coefficient (Wildman–Crippen LogP) is 0.722. The largest absolute Gasteiger partial charge is 0.480 e. The molecule has 1 aromatic heterocycles. The number of hydrogen-bond donors (Lipinski definition) is 1. The van der Waals surface area contributed by atoms with Crippen molar-refractivity contribution in [2.75, 3.05) is 6.54 Å². The highest BCUT2D eigenvalue weighted by atomic mass is 16.4. The van der Waals surface area contributed by atoms with Crippen LogP contribution in [0.5, 0.6) is 0 Å². The van der Waals surface area contributed by atoms with Crippen LogP contribution in [-0.4, -0.2) is 43.7 Å². The van der Waals surface area contributed by atoms with E-state index in [1.807, 2.05) is 0 Å². The fraction of sp³-hybridized carbons (Fsp3) is 0.571. The van der Waals surface area contributed by atoms with Crippen LogP contribution in [0, 0.1) is 13.8 Å². The highest BCUT2D eigenvalue weighted by Gasteiger charge is 2.32. The van der Waals surface area contributed by atoms with Crippen molar-refractivity contribution in [3.63, 3.8) is 0 Å². The normalized spacial score (nSPS) is 11.3. The molecule has 0 saturated carbocycles. The molecular weight excluding hydrogens is 274 g/mol. The first-order valence-electron chi connectivity index (χ1n) is 6.55. The molecule has 116 valence electrons. The molecule has 1 aromatic rings. The minimum Gasteiger partial charge on any atom is -0.480 e. The standard InChI is InChI=1S/C14H21N3O4/c1-8-9(2)15-16(6)12(20)11(8)13(21)17(7-10(18)19)14(3,4)5/h7H2,1-6H3,(H,18,19). The highest BCUT2D eigenvalue weighted by molar-refractivity contribution is 5.97. The molecule has 0 radical (unpaired) electrons. The molecule has 21 heavy (non-hydrogen) atoms. The van der Waals surface area contributed by atoms with Gasteiger partial charge in [0.15, 0.2) is 0 Å². The van der Waals surface area contributed by atoms with E-state index < -0.39 is 29.5 Å². The molecule has 0 unspecified atom stereocenters. The second-order valence-corrected chi connectivity index (χ2v) is 5.97. The Bertz CT molecular complexity index is 641. The van der Waals surface area contributed by atoms with Crippen LogP contribution >= 0.6 is 0 Å². The molecule has 0 aliphatic heterocycles. The van der Waals surface area contributed by atoms with Crippen molar-refractivity contribution < 1.29 is 14.7 Å². The Morgan fingerprint density at radius 2 is 1.81 bits per heavy atom. The zero-order chi connectivity index (χ0) is 16.5. The number of rotatable bonds is 3. The van der Waals surface area contributed by atoms with Crippen LogP contribution in [0.25, 0.3) is 0 Å². The average Bonchev–Trinajstić information content (AvgIpc) is 2.32. The number of carbonyl (C=O) groups excluding carboxylic acids is 1. The van der Waals surface area contributed by atoms with Gasteiger partial charge in [0.25, 0.3) is 11.5 Å². The third-order valence-electron chi connectivity index (χ3n) is 3.29. The summed E-state index contributed by atoms with van der Waals surface area (Å²) in [4.78, 5) is 37.1. The van der Waals surface area contributed by atoms with Crippen molar-refractivity contribution >= 4 is 11.9 Å². The van der Waals surface area contributed by atoms with Crippen LogP contribution in [0.1, 0.15) is 42.4 Å². The van der Waals surface area contributed by atoms with E-state index in [9.17, 15) is 14.4 Å². The van der Waals surface area contributed by atoms with Crippen molar-refractivity contribution in [1.29, 1.82) is 0 Å². The minimum atomic E-state index is -1.13. The summed E-state index contributed by atoms with van der Waals surface area (Å²) in [6.45, 7) is 8.04. The highest BCUT2D eigenvalue weighted by Crippen LogP contribution is 2.18. The number of carboxylic acids is 1. The molecular formula is C14H21N3O4. The summed E-state index contributed by atoms with van der Waals surface area (Å²) in [5.41, 5.74) is -0.235. The van der Waals surface area contributed by atoms with Gasteiger partial charge in [-0.2, -0.15) is 5.10 Å². The third kappa shape index (κ3) is 3.48. The van der Waals surface area contributed by atoms with Gasteiger partial charge in [-0.25, -0.2) is 4.68 Å². The second-order valence-electron chi connectivity index (χ2n) is 5.97. The van der Waals surface area contributed by atoms with Crippen molar-refractivity contribution in [2.45, 2.75) is 40.2 Å². The number of aryl methyl sites for hydroxylation is 2. The van der Waals surface area contributed by atoms with Gasteiger partial charge in [-0.15, -0.1) is 0 Å². The number of nitrogens with zero attached hydrogens (tertiary/aromatic N) is 3. The minimum absolute atomic E-state index is 0.0267. The number of carbonyl (C=O) groups is 2. The maximum atomic E-state index is 12.7. The van der Waals surface area contributed by atoms with Crippen LogP contribution in [0.15, 0.2) is 4.79 Å². The number of aliphatic carboxylic acids is 1. The SMILES string of the molecule is Cc1nn(C)c(=O)c(C(=O)N(CC(=O)O)C(C)(C)C)c1C. The van der Waals surface area contributed by atoms with Crippen molar-refractivity contribution in [1.82, 2.24) is 14.7 Å². The summed E-state index contributed by atoms with van der Waals surface area (Å²) >= 11 is 0. The molecule has 7 nitrogen and oxygen atoms in total. The van der Waals surface area contributed by atoms with Crippen LogP contribution < -0.4 is 5.56 Å². The first-order valence-corrected chi connectivity index (χ1v) is 6.55. The van der Waals surface area contributed by atoms with Gasteiger partial charge in [-0.05, 0) is 40.2 Å². The predicted molar refractivity (Wildman–Crippen MR) is 77.4 cm³/mol. The first kappa shape index (κ1) is 16.9. The zero-order valence-corrected chi connectivity index (χ0v) is 13.2. The first-order chi connectivity index (χ1) is 9.46. The van der Waals surface area contributed by atoms with Crippen molar-refractivity contribution in [3.05, 3.63) is 27.2 Å². The maximum absolute atomic E-state index is 12.7. The maximum Gasteiger partial charge on any atom is 0.323 e. The molecule has 1 amide bonds. The van der Waals surface area contributed by atoms with Crippen molar-refractivity contribution in [3.8, 4) is 0 Å². The van der Waals surface area contributed by atoms with E-state index in [1.165, 1.54) is 11.9 Å². The van der Waals surface area contributed by atoms with E-state index in [0.717, 1.165) is 4.68 Å². The Labute approximate surface area is 123 Å². The number of hydrogen-bond acceptors (Lipinski definition) is 4. The van der Waals surface area contributed by atoms with Gasteiger partial charge in [-0.3, -0.25) is 14.4 Å². The van der Waals surface area contributed by atoms with E-state index in [4.69, 9.17) is 5.11 Å². The lowest BCUT2D eigenvalue weighted by atomic mass is 10.0. The van der Waals surface area contributed by atoms with Gasteiger partial charge in [0.1, 0.15) is 12.1 Å². The molecule has 0 aromatic carbocycles. The molecule has 0 bridgehead atoms. The Balaban J connectivity index is 3.48. The van der Waals surface area contributed by atoms with Crippen LogP contribution in [-0.2, 0) is 11.8 Å². The molecule has 1 heterocycles. The monoisotopic (exact) mass is 295 g/mol. The summed E-state index contributed by atoms with van der Waals surface area (Å²) in [6, 6.07) is 0. The van der Waals surface area contributed by atoms with E-state index in [0.29, 0.717) is 11.3 Å². The molecule has 1 N–H and O–H groups in total. The van der Waals surface area contributed by atoms with Crippen LogP contribution in [0.3, 0.4) is 0 Å². The van der Waals surface area contributed by atoms with Crippen LogP contribution in [0.4, 0.5) is 0 Å². The van der Waals surface area contributed by atoms with E-state index in [2.05, 4.69) is 5.10 Å². The molecule has 7 heteroatoms. The fourth-order valence-corrected chi connectivity index (χ4v) is 1.98. The van der Waals surface area contributed by atoms with Gasteiger partial charge < -0.3 is 10.0 Å². The topological polar surface area (TPSA) is 92.5 Å². The number of aromatic nitrogens is 2. The summed E-state index contributed by atoms with van der Waals surface area (Å²) in [5.74, 6) is -1.72. The molecule has 0 spiro atoms. The van der Waals surface area contributed by atoms with E-state index >= 15 is 0 Å². The fourth-order valence-electron chi connectivity index (χ4n) is 1.98. The van der Waals surface area contributed by atoms with E-state index in [-0.39, 0.29) is 5.56 Å². The summed E-state index contributed by atoms with van der Waals surface area (Å²) in [7, 11) is 1.46. The van der Waals surface area contributed by atoms with Gasteiger partial charge >= 0.3 is 5.97 Å². The molecule has 0 fully saturated rings. The average molecular weight is 295 g/mol. The number of carboxylic acid groups (broad SMARTS) is 1. The quantitative estimate of drug-likeness (QED) is 0.887. The molecule has 0 aliphatic rings. The Morgan fingerprint density at radius 3 is 2.24 bits per heavy atom. The van der Waals surface area contributed by atoms with Gasteiger partial charge in [0, 0.05) is 12.6 Å². The van der Waals surface area contributed by atoms with Crippen molar-refractivity contribution in [2.24, 2.45) is 7.05 Å². The Hall–Kier alpha value is -2.18. The zero-order valence-electron chi connectivity index (χ0n) is 13.2. The second kappa shape index (κ2) is 5.67. The molecule has 0 atom stereocenters. The van der Waals surface area contributed by atoms with Gasteiger partial charge in [0.05, 0.1) is 5.69 Å². The molecule has 0 aliphatic carbocycles. The lowest BCUT2D eigenvalue weighted by Gasteiger charge is -2.34. The number of amides is 1. The third-order valence-corrected chi connectivity index (χ3v) is 3.29. The summed E-state index contributed by atoms with van der Waals surface area (Å²) in [6.07, 6.45) is 0. The van der Waals surface area contributed by atoms with E-state index in [1.54, 1.807) is 34.6 Å². The Morgan fingerprint density at radius 1 is 1.29 bits per heavy atom. The van der Waals surface area contributed by atoms with Crippen LogP contribution in [0.2, 0.25) is 0 Å². The summed E-state index contributed by atoms with van der Waals surface area (Å²) in [5, 5.41) is 13.0. The van der Waals surface area contributed by atoms with Gasteiger partial charge in [0.2, 0.25) is 0 Å². The molecule has 0 saturated heterocycles. The molecule has 1 rings (SSSR count). The lowest BCUT2D eigenvalue weighted by molar-refractivity contribution is -0.138.